The number of nitrogens with zero attached hydrogens (tertiary/aromatic N) is 1. The van der Waals surface area contributed by atoms with E-state index in [1.807, 2.05) is 26.8 Å². The number of carbonyl (C=O) groups is 2. The third-order valence-electron chi connectivity index (χ3n) is 4.76. The summed E-state index contributed by atoms with van der Waals surface area (Å²) in [5.74, 6) is -0.985. The second kappa shape index (κ2) is 11.6. The molecule has 31 heavy (non-hydrogen) atoms. The van der Waals surface area contributed by atoms with E-state index < -0.39 is 11.9 Å². The first kappa shape index (κ1) is 24.5. The van der Waals surface area contributed by atoms with Gasteiger partial charge in [-0.1, -0.05) is 31.5 Å². The Labute approximate surface area is 187 Å². The number of aryl methyl sites for hydroxylation is 1. The third-order valence-corrected chi connectivity index (χ3v) is 5.05. The number of rotatable bonds is 10. The van der Waals surface area contributed by atoms with E-state index in [-0.39, 0.29) is 28.7 Å². The fourth-order valence-corrected chi connectivity index (χ4v) is 3.36. The molecule has 0 aliphatic heterocycles. The topological polar surface area (TPSA) is 88.1 Å². The van der Waals surface area contributed by atoms with Gasteiger partial charge in [-0.2, -0.15) is 0 Å². The van der Waals surface area contributed by atoms with Crippen molar-refractivity contribution in [2.75, 3.05) is 31.6 Å². The number of hydrogen-bond donors (Lipinski definition) is 2. The van der Waals surface area contributed by atoms with Gasteiger partial charge in [0.2, 0.25) is 0 Å². The molecular formula is C23H29ClN2O5. The normalized spacial score (nSPS) is 10.8. The summed E-state index contributed by atoms with van der Waals surface area (Å²) in [5.41, 5.74) is 2.32. The molecule has 2 aromatic carbocycles. The molecule has 0 aliphatic carbocycles. The summed E-state index contributed by atoms with van der Waals surface area (Å²) in [6.45, 7) is 10.1. The lowest BCUT2D eigenvalue weighted by atomic mass is 10.1. The maximum Gasteiger partial charge on any atom is 0.341 e. The highest BCUT2D eigenvalue weighted by Gasteiger charge is 2.17. The molecule has 2 N–H and O–H groups in total. The number of esters is 2. The van der Waals surface area contributed by atoms with Crippen molar-refractivity contribution in [3.8, 4) is 11.5 Å². The molecule has 2 aromatic rings. The molecule has 7 nitrogen and oxygen atoms in total. The van der Waals surface area contributed by atoms with Gasteiger partial charge in [-0.3, -0.25) is 4.79 Å². The van der Waals surface area contributed by atoms with Crippen molar-refractivity contribution in [1.29, 1.82) is 0 Å². The standard InChI is InChI=1S/C23H29ClN2O5/c1-5-26(6-2)9-10-30-23(29)19-8-7-18(13-21(19)31-16(4)27)25-14-17-11-15(3)12-20(24)22(17)28/h7-8,11-13,25,28H,5-6,9-10,14H2,1-4H3. The predicted molar refractivity (Wildman–Crippen MR) is 121 cm³/mol. The third kappa shape index (κ3) is 7.15. The van der Waals surface area contributed by atoms with Gasteiger partial charge >= 0.3 is 11.9 Å². The molecule has 0 saturated carbocycles. The van der Waals surface area contributed by atoms with Crippen molar-refractivity contribution in [1.82, 2.24) is 4.90 Å². The van der Waals surface area contributed by atoms with E-state index in [1.54, 1.807) is 24.3 Å². The predicted octanol–water partition coefficient (Wildman–Crippen LogP) is 4.39. The zero-order valence-corrected chi connectivity index (χ0v) is 19.1. The minimum atomic E-state index is -0.557. The largest absolute Gasteiger partial charge is 0.506 e. The quantitative estimate of drug-likeness (QED) is 0.411. The SMILES string of the molecule is CCN(CC)CCOC(=O)c1ccc(NCc2cc(C)cc(Cl)c2O)cc1OC(C)=O. The van der Waals surface area contributed by atoms with Crippen molar-refractivity contribution < 1.29 is 24.2 Å². The zero-order valence-electron chi connectivity index (χ0n) is 18.3. The minimum absolute atomic E-state index is 0.00776. The molecule has 2 rings (SSSR count). The van der Waals surface area contributed by atoms with Gasteiger partial charge in [0, 0.05) is 37.3 Å². The number of phenolic OH excluding ortho intramolecular Hbond substituents is 1. The molecule has 0 unspecified atom stereocenters. The number of anilines is 1. The summed E-state index contributed by atoms with van der Waals surface area (Å²) < 4.78 is 10.6. The lowest BCUT2D eigenvalue weighted by Gasteiger charge is -2.18. The highest BCUT2D eigenvalue weighted by molar-refractivity contribution is 6.32. The number of hydrogen-bond acceptors (Lipinski definition) is 7. The molecule has 8 heteroatoms. The van der Waals surface area contributed by atoms with Gasteiger partial charge < -0.3 is 24.8 Å². The first-order chi connectivity index (χ1) is 14.7. The summed E-state index contributed by atoms with van der Waals surface area (Å²) >= 11 is 6.03. The Morgan fingerprint density at radius 2 is 1.87 bits per heavy atom. The number of nitrogens with one attached hydrogen (secondary N) is 1. The second-order valence-corrected chi connectivity index (χ2v) is 7.48. The van der Waals surface area contributed by atoms with Crippen LogP contribution in [-0.2, 0) is 16.1 Å². The minimum Gasteiger partial charge on any atom is -0.506 e. The van der Waals surface area contributed by atoms with Gasteiger partial charge in [0.05, 0.1) is 5.02 Å². The number of ether oxygens (including phenoxy) is 2. The summed E-state index contributed by atoms with van der Waals surface area (Å²) in [6.07, 6.45) is 0. The van der Waals surface area contributed by atoms with E-state index in [4.69, 9.17) is 21.1 Å². The summed E-state index contributed by atoms with van der Waals surface area (Å²) in [6, 6.07) is 8.28. The highest BCUT2D eigenvalue weighted by atomic mass is 35.5. The van der Waals surface area contributed by atoms with Crippen LogP contribution in [-0.4, -0.2) is 48.2 Å². The van der Waals surface area contributed by atoms with Crippen LogP contribution in [0.5, 0.6) is 11.5 Å². The van der Waals surface area contributed by atoms with Crippen molar-refractivity contribution in [3.63, 3.8) is 0 Å². The van der Waals surface area contributed by atoms with E-state index >= 15 is 0 Å². The molecule has 0 amide bonds. The van der Waals surface area contributed by atoms with E-state index in [9.17, 15) is 14.7 Å². The van der Waals surface area contributed by atoms with Crippen LogP contribution in [0, 0.1) is 6.92 Å². The molecule has 0 atom stereocenters. The number of phenols is 1. The molecule has 0 radical (unpaired) electrons. The van der Waals surface area contributed by atoms with Crippen molar-refractivity contribution in [3.05, 3.63) is 52.0 Å². The second-order valence-electron chi connectivity index (χ2n) is 7.08. The first-order valence-corrected chi connectivity index (χ1v) is 10.6. The smallest absolute Gasteiger partial charge is 0.341 e. The van der Waals surface area contributed by atoms with Crippen molar-refractivity contribution in [2.24, 2.45) is 0 Å². The van der Waals surface area contributed by atoms with E-state index in [0.717, 1.165) is 18.7 Å². The van der Waals surface area contributed by atoms with Crippen molar-refractivity contribution >= 4 is 29.2 Å². The Bertz CT molecular complexity index is 928. The van der Waals surface area contributed by atoms with Gasteiger partial charge in [-0.05, 0) is 43.8 Å². The summed E-state index contributed by atoms with van der Waals surface area (Å²) in [5, 5.41) is 13.6. The van der Waals surface area contributed by atoms with Gasteiger partial charge in [0.25, 0.3) is 0 Å². The Morgan fingerprint density at radius 3 is 2.52 bits per heavy atom. The molecule has 0 heterocycles. The lowest BCUT2D eigenvalue weighted by molar-refractivity contribution is -0.131. The molecule has 0 spiro atoms. The molecule has 0 saturated heterocycles. The van der Waals surface area contributed by atoms with Crippen LogP contribution < -0.4 is 10.1 Å². The molecular weight excluding hydrogens is 420 g/mol. The van der Waals surface area contributed by atoms with Gasteiger partial charge in [0.1, 0.15) is 23.7 Å². The first-order valence-electron chi connectivity index (χ1n) is 10.2. The number of carbonyl (C=O) groups excluding carboxylic acids is 2. The number of benzene rings is 2. The van der Waals surface area contributed by atoms with Gasteiger partial charge in [-0.15, -0.1) is 0 Å². The number of aromatic hydroxyl groups is 1. The fraction of sp³-hybridized carbons (Fsp3) is 0.391. The van der Waals surface area contributed by atoms with Crippen LogP contribution in [0.2, 0.25) is 5.02 Å². The molecule has 0 aliphatic rings. The number of likely N-dealkylation sites (N-methyl/N-ethyl adjacent to an activating group) is 1. The number of halogens is 1. The maximum atomic E-state index is 12.5. The highest BCUT2D eigenvalue weighted by Crippen LogP contribution is 2.30. The van der Waals surface area contributed by atoms with Crippen LogP contribution >= 0.6 is 11.6 Å². The van der Waals surface area contributed by atoms with E-state index in [1.165, 1.54) is 6.92 Å². The lowest BCUT2D eigenvalue weighted by Crippen LogP contribution is -2.28. The molecule has 0 bridgehead atoms. The zero-order chi connectivity index (χ0) is 23.0. The molecule has 0 fully saturated rings. The maximum absolute atomic E-state index is 12.5. The Balaban J connectivity index is 2.13. The average Bonchev–Trinajstić information content (AvgIpc) is 2.72. The van der Waals surface area contributed by atoms with Crippen LogP contribution in [0.4, 0.5) is 5.69 Å². The monoisotopic (exact) mass is 448 g/mol. The van der Waals surface area contributed by atoms with Crippen molar-refractivity contribution in [2.45, 2.75) is 34.2 Å². The van der Waals surface area contributed by atoms with Crippen LogP contribution in [0.3, 0.4) is 0 Å². The fourth-order valence-electron chi connectivity index (χ4n) is 3.06. The van der Waals surface area contributed by atoms with Crippen LogP contribution in [0.25, 0.3) is 0 Å². The molecule has 168 valence electrons. The van der Waals surface area contributed by atoms with Gasteiger partial charge in [-0.25, -0.2) is 4.79 Å². The Morgan fingerprint density at radius 1 is 1.16 bits per heavy atom. The van der Waals surface area contributed by atoms with Gasteiger partial charge in [0.15, 0.2) is 0 Å². The van der Waals surface area contributed by atoms with Crippen LogP contribution in [0.1, 0.15) is 42.3 Å². The Kier molecular flexibility index (Phi) is 9.15. The van der Waals surface area contributed by atoms with E-state index in [2.05, 4.69) is 10.2 Å². The molecule has 0 aromatic heterocycles. The average molecular weight is 449 g/mol. The van der Waals surface area contributed by atoms with Crippen LogP contribution in [0.15, 0.2) is 30.3 Å². The van der Waals surface area contributed by atoms with E-state index in [0.29, 0.717) is 24.3 Å². The summed E-state index contributed by atoms with van der Waals surface area (Å²) in [4.78, 5) is 26.2. The Hall–Kier alpha value is -2.77. The summed E-state index contributed by atoms with van der Waals surface area (Å²) in [7, 11) is 0.